The van der Waals surface area contributed by atoms with Gasteiger partial charge in [0.2, 0.25) is 0 Å². The number of anilines is 1. The van der Waals surface area contributed by atoms with Gasteiger partial charge in [-0.25, -0.2) is 14.4 Å². The summed E-state index contributed by atoms with van der Waals surface area (Å²) in [7, 11) is 0. The summed E-state index contributed by atoms with van der Waals surface area (Å²) in [6.07, 6.45) is -3.61. The summed E-state index contributed by atoms with van der Waals surface area (Å²) in [5.41, 5.74) is 6.19. The van der Waals surface area contributed by atoms with Crippen LogP contribution in [0, 0.1) is 5.82 Å². The highest BCUT2D eigenvalue weighted by Crippen LogP contribution is 2.38. The van der Waals surface area contributed by atoms with E-state index in [2.05, 4.69) is 9.97 Å². The third kappa shape index (κ3) is 2.53. The fourth-order valence-corrected chi connectivity index (χ4v) is 3.26. The lowest BCUT2D eigenvalue weighted by molar-refractivity contribution is -0.0856. The first-order valence-electron chi connectivity index (χ1n) is 8.00. The normalized spacial score (nSPS) is 27.1. The van der Waals surface area contributed by atoms with Crippen molar-refractivity contribution in [3.63, 3.8) is 0 Å². The van der Waals surface area contributed by atoms with Crippen molar-refractivity contribution >= 4 is 16.9 Å². The highest BCUT2D eigenvalue weighted by Gasteiger charge is 2.47. The fourth-order valence-electron chi connectivity index (χ4n) is 3.26. The molecule has 1 unspecified atom stereocenters. The summed E-state index contributed by atoms with van der Waals surface area (Å²) in [6.45, 7) is 0. The second-order valence-electron chi connectivity index (χ2n) is 6.16. The van der Waals surface area contributed by atoms with Gasteiger partial charge in [-0.3, -0.25) is 0 Å². The first-order valence-corrected chi connectivity index (χ1v) is 8.00. The maximum atomic E-state index is 13.9. The first-order chi connectivity index (χ1) is 12.5. The molecule has 0 aliphatic carbocycles. The van der Waals surface area contributed by atoms with E-state index in [1.165, 1.54) is 29.1 Å². The molecule has 2 aromatic heterocycles. The summed E-state index contributed by atoms with van der Waals surface area (Å²) in [6, 6.07) is 7.32. The number of fused-ring (bicyclic) bond motifs is 1. The van der Waals surface area contributed by atoms with Gasteiger partial charge in [-0.05, 0) is 12.1 Å². The van der Waals surface area contributed by atoms with E-state index >= 15 is 0 Å². The van der Waals surface area contributed by atoms with Gasteiger partial charge in [0.1, 0.15) is 48.0 Å². The second-order valence-corrected chi connectivity index (χ2v) is 6.16. The highest BCUT2D eigenvalue weighted by atomic mass is 19.1. The number of halogens is 1. The van der Waals surface area contributed by atoms with Crippen molar-refractivity contribution in [1.29, 1.82) is 0 Å². The summed E-state index contributed by atoms with van der Waals surface area (Å²) in [4.78, 5) is 8.02. The number of ether oxygens (including phenoxy) is 1. The minimum atomic E-state index is -1.45. The molecule has 3 aromatic rings. The number of benzene rings is 1. The van der Waals surface area contributed by atoms with Crippen LogP contribution in [-0.2, 0) is 4.74 Å². The number of nitrogens with two attached hydrogens (primary N) is 1. The van der Waals surface area contributed by atoms with Gasteiger partial charge in [-0.1, -0.05) is 18.2 Å². The number of hydrogen-bond donors (Lipinski definition) is 4. The number of aromatic nitrogens is 3. The average Bonchev–Trinajstić information content (AvgIpc) is 3.18. The summed E-state index contributed by atoms with van der Waals surface area (Å²) < 4.78 is 21.1. The second kappa shape index (κ2) is 6.29. The van der Waals surface area contributed by atoms with Gasteiger partial charge < -0.3 is 30.4 Å². The lowest BCUT2D eigenvalue weighted by atomic mass is 9.99. The van der Waals surface area contributed by atoms with Crippen LogP contribution in [-0.4, -0.2) is 48.2 Å². The van der Waals surface area contributed by atoms with E-state index in [-0.39, 0.29) is 11.4 Å². The number of nitrogens with zero attached hydrogens (tertiary/aromatic N) is 3. The molecule has 136 valence electrons. The molecule has 8 nitrogen and oxygen atoms in total. The molecule has 5 atom stereocenters. The van der Waals surface area contributed by atoms with E-state index in [0.717, 1.165) is 0 Å². The minimum absolute atomic E-state index is 0.0201. The van der Waals surface area contributed by atoms with Crippen LogP contribution < -0.4 is 5.73 Å². The third-order valence-electron chi connectivity index (χ3n) is 4.62. The quantitative estimate of drug-likeness (QED) is 0.536. The summed E-state index contributed by atoms with van der Waals surface area (Å²) in [5.74, 6) is -0.356. The molecule has 0 radical (unpaired) electrons. The van der Waals surface area contributed by atoms with Crippen LogP contribution in [0.5, 0.6) is 0 Å². The van der Waals surface area contributed by atoms with E-state index in [9.17, 15) is 19.7 Å². The van der Waals surface area contributed by atoms with Crippen molar-refractivity contribution in [2.24, 2.45) is 0 Å². The first kappa shape index (κ1) is 16.9. The smallest absolute Gasteiger partial charge is 0.164 e. The minimum Gasteiger partial charge on any atom is -0.387 e. The van der Waals surface area contributed by atoms with Crippen molar-refractivity contribution in [2.45, 2.75) is 30.6 Å². The Balaban J connectivity index is 1.68. The van der Waals surface area contributed by atoms with E-state index in [1.807, 2.05) is 0 Å². The number of rotatable bonds is 3. The zero-order chi connectivity index (χ0) is 18.4. The van der Waals surface area contributed by atoms with E-state index in [0.29, 0.717) is 11.0 Å². The van der Waals surface area contributed by atoms with Gasteiger partial charge in [0.15, 0.2) is 6.23 Å². The molecule has 26 heavy (non-hydrogen) atoms. The molecule has 1 aliphatic heterocycles. The fraction of sp³-hybridized carbons (Fsp3) is 0.294. The number of aliphatic hydroxyl groups is 3. The Kier molecular flexibility index (Phi) is 4.08. The molecule has 1 saturated heterocycles. The SMILES string of the molecule is Nc1ncnc2c1ccn2[C@@H]1O[C@H](C(O)c2ccccc2F)[C@@H](O)[C@H]1O. The van der Waals surface area contributed by atoms with Crippen molar-refractivity contribution in [3.8, 4) is 0 Å². The standard InChI is InChI=1S/C17H17FN4O4/c18-10-4-2-1-3-8(10)11(23)14-12(24)13(25)17(26-14)22-6-5-9-15(19)20-7-21-16(9)22/h1-7,11-14,17,23-25H,(H2,19,20,21)/t11?,12-,13+,14+,17+/m0/s1. The van der Waals surface area contributed by atoms with E-state index in [4.69, 9.17) is 10.5 Å². The molecule has 1 fully saturated rings. The zero-order valence-electron chi connectivity index (χ0n) is 13.5. The Bertz CT molecular complexity index is 949. The highest BCUT2D eigenvalue weighted by molar-refractivity contribution is 5.86. The van der Waals surface area contributed by atoms with Gasteiger partial charge in [0, 0.05) is 11.8 Å². The molecule has 9 heteroatoms. The molecule has 3 heterocycles. The third-order valence-corrected chi connectivity index (χ3v) is 4.62. The lowest BCUT2D eigenvalue weighted by Gasteiger charge is -2.21. The lowest BCUT2D eigenvalue weighted by Crippen LogP contribution is -2.35. The van der Waals surface area contributed by atoms with Crippen molar-refractivity contribution < 1.29 is 24.4 Å². The molecule has 4 rings (SSSR count). The maximum Gasteiger partial charge on any atom is 0.164 e. The summed E-state index contributed by atoms with van der Waals surface area (Å²) >= 11 is 0. The van der Waals surface area contributed by atoms with Gasteiger partial charge in [0.05, 0.1) is 5.39 Å². The molecule has 5 N–H and O–H groups in total. The largest absolute Gasteiger partial charge is 0.387 e. The van der Waals surface area contributed by atoms with Crippen LogP contribution in [0.25, 0.3) is 11.0 Å². The van der Waals surface area contributed by atoms with Crippen LogP contribution in [0.2, 0.25) is 0 Å². The van der Waals surface area contributed by atoms with Crippen LogP contribution in [0.3, 0.4) is 0 Å². The monoisotopic (exact) mass is 360 g/mol. The van der Waals surface area contributed by atoms with Gasteiger partial charge in [-0.2, -0.15) is 0 Å². The van der Waals surface area contributed by atoms with Gasteiger partial charge in [-0.15, -0.1) is 0 Å². The molecule has 1 aromatic carbocycles. The van der Waals surface area contributed by atoms with Crippen LogP contribution in [0.15, 0.2) is 42.9 Å². The molecular formula is C17H17FN4O4. The van der Waals surface area contributed by atoms with Crippen molar-refractivity contribution in [2.75, 3.05) is 5.73 Å². The molecule has 0 amide bonds. The van der Waals surface area contributed by atoms with E-state index < -0.39 is 36.5 Å². The predicted molar refractivity (Wildman–Crippen MR) is 89.2 cm³/mol. The van der Waals surface area contributed by atoms with Crippen LogP contribution in [0.1, 0.15) is 17.9 Å². The Morgan fingerprint density at radius 1 is 1.15 bits per heavy atom. The predicted octanol–water partition coefficient (Wildman–Crippen LogP) is 0.505. The van der Waals surface area contributed by atoms with Gasteiger partial charge in [0.25, 0.3) is 0 Å². The Hall–Kier alpha value is -2.59. The van der Waals surface area contributed by atoms with Crippen LogP contribution >= 0.6 is 0 Å². The molecular weight excluding hydrogens is 343 g/mol. The molecule has 0 bridgehead atoms. The van der Waals surface area contributed by atoms with Crippen LogP contribution in [0.4, 0.5) is 10.2 Å². The number of hydrogen-bond acceptors (Lipinski definition) is 7. The Labute approximate surface area is 147 Å². The van der Waals surface area contributed by atoms with Gasteiger partial charge >= 0.3 is 0 Å². The summed E-state index contributed by atoms with van der Waals surface area (Å²) in [5, 5.41) is 31.8. The van der Waals surface area contributed by atoms with E-state index in [1.54, 1.807) is 18.3 Å². The Morgan fingerprint density at radius 3 is 2.69 bits per heavy atom. The molecule has 1 aliphatic rings. The molecule has 0 spiro atoms. The molecule has 0 saturated carbocycles. The average molecular weight is 360 g/mol. The number of nitrogen functional groups attached to an aromatic ring is 1. The topological polar surface area (TPSA) is 127 Å². The Morgan fingerprint density at radius 2 is 1.92 bits per heavy atom. The van der Waals surface area contributed by atoms with Crippen molar-refractivity contribution in [1.82, 2.24) is 14.5 Å². The number of aliphatic hydroxyl groups excluding tert-OH is 3. The van der Waals surface area contributed by atoms with Crippen molar-refractivity contribution in [3.05, 3.63) is 54.2 Å². The maximum absolute atomic E-state index is 13.9. The zero-order valence-corrected chi connectivity index (χ0v) is 13.5.